The zero-order chi connectivity index (χ0) is 23.4. The molecule has 0 radical (unpaired) electrons. The summed E-state index contributed by atoms with van der Waals surface area (Å²) in [5.74, 6) is 0.656. The van der Waals surface area contributed by atoms with Crippen molar-refractivity contribution in [1.82, 2.24) is 20.4 Å². The lowest BCUT2D eigenvalue weighted by Crippen LogP contribution is -2.44. The minimum absolute atomic E-state index is 0.0216. The molecular weight excluding hydrogens is 394 g/mol. The van der Waals surface area contributed by atoms with Gasteiger partial charge in [-0.25, -0.2) is 9.79 Å². The summed E-state index contributed by atoms with van der Waals surface area (Å²) in [7, 11) is 3.47. The van der Waals surface area contributed by atoms with Gasteiger partial charge in [-0.05, 0) is 51.8 Å². The van der Waals surface area contributed by atoms with E-state index in [0.717, 1.165) is 18.5 Å². The van der Waals surface area contributed by atoms with Crippen LogP contribution in [0.15, 0.2) is 29.3 Å². The molecule has 174 valence electrons. The number of hydrogen-bond acceptors (Lipinski definition) is 4. The third kappa shape index (κ3) is 10.2. The van der Waals surface area contributed by atoms with Crippen molar-refractivity contribution in [2.45, 2.75) is 53.2 Å². The molecule has 0 saturated heterocycles. The molecule has 31 heavy (non-hydrogen) atoms. The minimum Gasteiger partial charge on any atom is -0.444 e. The van der Waals surface area contributed by atoms with Crippen LogP contribution in [-0.4, -0.2) is 73.6 Å². The Morgan fingerprint density at radius 1 is 1.03 bits per heavy atom. The lowest BCUT2D eigenvalue weighted by Gasteiger charge is -2.27. The van der Waals surface area contributed by atoms with E-state index in [-0.39, 0.29) is 12.0 Å². The Balaban J connectivity index is 2.67. The number of nitrogens with zero attached hydrogens (tertiary/aromatic N) is 3. The van der Waals surface area contributed by atoms with Gasteiger partial charge in [0.25, 0.3) is 5.91 Å². The van der Waals surface area contributed by atoms with Crippen LogP contribution in [0, 0.1) is 0 Å². The van der Waals surface area contributed by atoms with Crippen molar-refractivity contribution in [2.75, 3.05) is 40.3 Å². The smallest absolute Gasteiger partial charge is 0.410 e. The van der Waals surface area contributed by atoms with Gasteiger partial charge in [0.2, 0.25) is 0 Å². The second-order valence-corrected chi connectivity index (χ2v) is 8.49. The van der Waals surface area contributed by atoms with Crippen LogP contribution in [0.25, 0.3) is 0 Å². The number of guanidine groups is 1. The Hall–Kier alpha value is -2.77. The number of hydrogen-bond donors (Lipinski definition) is 2. The van der Waals surface area contributed by atoms with Crippen molar-refractivity contribution < 1.29 is 14.3 Å². The Morgan fingerprint density at radius 2 is 1.68 bits per heavy atom. The number of carbonyl (C=O) groups is 2. The molecule has 2 amide bonds. The van der Waals surface area contributed by atoms with E-state index < -0.39 is 5.60 Å². The Labute approximate surface area is 187 Å². The molecule has 1 aromatic rings. The van der Waals surface area contributed by atoms with Crippen molar-refractivity contribution in [3.63, 3.8) is 0 Å². The van der Waals surface area contributed by atoms with Gasteiger partial charge >= 0.3 is 6.09 Å². The number of amides is 2. The van der Waals surface area contributed by atoms with Gasteiger partial charge in [0, 0.05) is 45.8 Å². The lowest BCUT2D eigenvalue weighted by atomic mass is 10.1. The van der Waals surface area contributed by atoms with Crippen molar-refractivity contribution in [1.29, 1.82) is 0 Å². The Kier molecular flexibility index (Phi) is 10.9. The average molecular weight is 434 g/mol. The highest BCUT2D eigenvalue weighted by atomic mass is 16.6. The van der Waals surface area contributed by atoms with Crippen molar-refractivity contribution in [2.24, 2.45) is 4.99 Å². The first-order valence-corrected chi connectivity index (χ1v) is 10.9. The van der Waals surface area contributed by atoms with E-state index in [0.29, 0.717) is 37.7 Å². The molecule has 0 spiro atoms. The molecule has 0 aromatic heterocycles. The molecule has 2 N–H and O–H groups in total. The van der Waals surface area contributed by atoms with Gasteiger partial charge in [0.1, 0.15) is 5.60 Å². The summed E-state index contributed by atoms with van der Waals surface area (Å²) in [5, 5.41) is 6.48. The summed E-state index contributed by atoms with van der Waals surface area (Å²) < 4.78 is 5.49. The molecule has 1 rings (SSSR count). The second kappa shape index (κ2) is 12.8. The molecule has 0 saturated carbocycles. The number of benzene rings is 1. The molecule has 1 aromatic carbocycles. The largest absolute Gasteiger partial charge is 0.444 e. The lowest BCUT2D eigenvalue weighted by molar-refractivity contribution is 0.0253. The van der Waals surface area contributed by atoms with Gasteiger partial charge in [0.15, 0.2) is 5.96 Å². The van der Waals surface area contributed by atoms with Gasteiger partial charge in [-0.2, -0.15) is 0 Å². The number of ether oxygens (including phenoxy) is 1. The van der Waals surface area contributed by atoms with Crippen molar-refractivity contribution in [3.05, 3.63) is 35.4 Å². The third-order valence-electron chi connectivity index (χ3n) is 4.19. The molecule has 0 heterocycles. The van der Waals surface area contributed by atoms with Gasteiger partial charge < -0.3 is 25.2 Å². The summed E-state index contributed by atoms with van der Waals surface area (Å²) in [4.78, 5) is 32.2. The predicted octanol–water partition coefficient (Wildman–Crippen LogP) is 3.09. The molecule has 0 aliphatic carbocycles. The molecule has 0 unspecified atom stereocenters. The van der Waals surface area contributed by atoms with Gasteiger partial charge in [-0.3, -0.25) is 4.79 Å². The Morgan fingerprint density at radius 3 is 2.19 bits per heavy atom. The molecule has 0 aliphatic heterocycles. The van der Waals surface area contributed by atoms with Gasteiger partial charge in [0.05, 0.1) is 6.54 Å². The first-order valence-electron chi connectivity index (χ1n) is 10.9. The number of rotatable bonds is 9. The first-order chi connectivity index (χ1) is 14.6. The van der Waals surface area contributed by atoms with Crippen LogP contribution in [-0.2, 0) is 11.3 Å². The number of nitrogens with one attached hydrogen (secondary N) is 2. The highest BCUT2D eigenvalue weighted by molar-refractivity contribution is 5.93. The molecule has 0 atom stereocenters. The maximum absolute atomic E-state index is 12.4. The van der Waals surface area contributed by atoms with E-state index in [1.165, 1.54) is 0 Å². The number of carbonyl (C=O) groups excluding carboxylic acids is 2. The Bertz CT molecular complexity index is 724. The highest BCUT2D eigenvalue weighted by Crippen LogP contribution is 2.10. The summed E-state index contributed by atoms with van der Waals surface area (Å²) in [6.45, 7) is 12.6. The SMILES string of the molecule is CCCN(CCNC(=NCc1ccc(C(=O)N(C)C)cc1)NCC)C(=O)OC(C)(C)C. The summed E-state index contributed by atoms with van der Waals surface area (Å²) in [5.41, 5.74) is 1.15. The zero-order valence-corrected chi connectivity index (χ0v) is 20.1. The van der Waals surface area contributed by atoms with Crippen LogP contribution in [0.3, 0.4) is 0 Å². The summed E-state index contributed by atoms with van der Waals surface area (Å²) in [6.07, 6.45) is 0.560. The minimum atomic E-state index is -0.514. The second-order valence-electron chi connectivity index (χ2n) is 8.49. The fourth-order valence-electron chi connectivity index (χ4n) is 2.72. The standard InChI is InChI=1S/C23H39N5O3/c1-8-15-28(22(30)31-23(3,4)5)16-14-25-21(24-9-2)26-17-18-10-12-19(13-11-18)20(29)27(6)7/h10-13H,8-9,14-17H2,1-7H3,(H2,24,25,26). The maximum atomic E-state index is 12.4. The van der Waals surface area contributed by atoms with Crippen LogP contribution in [0.2, 0.25) is 0 Å². The summed E-state index contributed by atoms with van der Waals surface area (Å²) in [6, 6.07) is 7.46. The average Bonchev–Trinajstić information content (AvgIpc) is 2.69. The van der Waals surface area contributed by atoms with Crippen LogP contribution in [0.4, 0.5) is 4.79 Å². The van der Waals surface area contributed by atoms with Gasteiger partial charge in [-0.1, -0.05) is 19.1 Å². The summed E-state index contributed by atoms with van der Waals surface area (Å²) >= 11 is 0. The van der Waals surface area contributed by atoms with Crippen molar-refractivity contribution in [3.8, 4) is 0 Å². The maximum Gasteiger partial charge on any atom is 0.410 e. The van der Waals surface area contributed by atoms with Gasteiger partial charge in [-0.15, -0.1) is 0 Å². The molecule has 8 heteroatoms. The number of aliphatic imine (C=N–C) groups is 1. The molecule has 0 aliphatic rings. The van der Waals surface area contributed by atoms with E-state index in [1.807, 2.05) is 58.9 Å². The fourth-order valence-corrected chi connectivity index (χ4v) is 2.72. The van der Waals surface area contributed by atoms with Crippen molar-refractivity contribution >= 4 is 18.0 Å². The zero-order valence-electron chi connectivity index (χ0n) is 20.1. The van der Waals surface area contributed by atoms with Crippen LogP contribution < -0.4 is 10.6 Å². The third-order valence-corrected chi connectivity index (χ3v) is 4.19. The van der Waals surface area contributed by atoms with E-state index in [4.69, 9.17) is 4.74 Å². The topological polar surface area (TPSA) is 86.3 Å². The first kappa shape index (κ1) is 26.3. The predicted molar refractivity (Wildman–Crippen MR) is 125 cm³/mol. The van der Waals surface area contributed by atoms with E-state index in [2.05, 4.69) is 15.6 Å². The molecular formula is C23H39N5O3. The van der Waals surface area contributed by atoms with E-state index >= 15 is 0 Å². The highest BCUT2D eigenvalue weighted by Gasteiger charge is 2.21. The van der Waals surface area contributed by atoms with E-state index in [9.17, 15) is 9.59 Å². The fraction of sp³-hybridized carbons (Fsp3) is 0.609. The molecule has 8 nitrogen and oxygen atoms in total. The molecule has 0 bridgehead atoms. The monoisotopic (exact) mass is 433 g/mol. The van der Waals surface area contributed by atoms with Crippen LogP contribution in [0.1, 0.15) is 57.0 Å². The van der Waals surface area contributed by atoms with E-state index in [1.54, 1.807) is 23.9 Å². The normalized spacial score (nSPS) is 11.6. The molecule has 0 fully saturated rings. The van der Waals surface area contributed by atoms with Crippen LogP contribution >= 0.6 is 0 Å². The van der Waals surface area contributed by atoms with Crippen LogP contribution in [0.5, 0.6) is 0 Å². The quantitative estimate of drug-likeness (QED) is 0.462.